The molecule has 2 unspecified atom stereocenters. The van der Waals surface area contributed by atoms with Crippen LogP contribution in [0.15, 0.2) is 84.0 Å². The molecule has 0 saturated carbocycles. The summed E-state index contributed by atoms with van der Waals surface area (Å²) in [5.41, 5.74) is 9.24. The second-order valence-corrected chi connectivity index (χ2v) is 16.2. The molecular formula is C48H84S. The van der Waals surface area contributed by atoms with Gasteiger partial charge in [0.05, 0.1) is 0 Å². The number of benzene rings is 2. The normalized spacial score (nSPS) is 12.7. The molecule has 2 atom stereocenters. The minimum absolute atomic E-state index is 0.403. The Morgan fingerprint density at radius 1 is 0.714 bits per heavy atom. The average Bonchev–Trinajstić information content (AvgIpc) is 3.02. The lowest BCUT2D eigenvalue weighted by Crippen LogP contribution is -2.18. The maximum atomic E-state index is 5.04. The van der Waals surface area contributed by atoms with Crippen LogP contribution in [-0.2, 0) is 6.42 Å². The van der Waals surface area contributed by atoms with Gasteiger partial charge in [-0.2, -0.15) is 0 Å². The molecule has 0 aliphatic carbocycles. The minimum atomic E-state index is 0.403. The van der Waals surface area contributed by atoms with E-state index in [2.05, 4.69) is 184 Å². The fraction of sp³-hybridized carbons (Fsp3) is 0.604. The Morgan fingerprint density at radius 3 is 1.49 bits per heavy atom. The molecular weight excluding hydrogens is 609 g/mol. The first kappa shape index (κ1) is 53.5. The smallest absolute Gasteiger partial charge is 0.00996 e. The van der Waals surface area contributed by atoms with Crippen molar-refractivity contribution in [2.75, 3.05) is 0 Å². The van der Waals surface area contributed by atoms with Gasteiger partial charge in [-0.1, -0.05) is 204 Å². The highest BCUT2D eigenvalue weighted by Crippen LogP contribution is 2.28. The molecule has 2 aromatic carbocycles. The van der Waals surface area contributed by atoms with Gasteiger partial charge in [-0.05, 0) is 112 Å². The van der Waals surface area contributed by atoms with Gasteiger partial charge in [-0.3, -0.25) is 0 Å². The number of hydrogen-bond acceptors (Lipinski definition) is 1. The van der Waals surface area contributed by atoms with Crippen molar-refractivity contribution in [3.05, 3.63) is 106 Å². The van der Waals surface area contributed by atoms with Gasteiger partial charge in [0.15, 0.2) is 0 Å². The predicted molar refractivity (Wildman–Crippen MR) is 236 cm³/mol. The molecule has 49 heavy (non-hydrogen) atoms. The van der Waals surface area contributed by atoms with E-state index in [9.17, 15) is 0 Å². The summed E-state index contributed by atoms with van der Waals surface area (Å²) in [6.07, 6.45) is 11.9. The summed E-state index contributed by atoms with van der Waals surface area (Å²) in [5.74, 6) is 2.08. The minimum Gasteiger partial charge on any atom is -0.0900 e. The van der Waals surface area contributed by atoms with Crippen molar-refractivity contribution in [1.29, 1.82) is 0 Å². The summed E-state index contributed by atoms with van der Waals surface area (Å²) in [7, 11) is 0. The first-order chi connectivity index (χ1) is 22.6. The Kier molecular flexibility index (Phi) is 33.4. The molecule has 0 aromatic heterocycles. The molecule has 0 aliphatic rings. The Balaban J connectivity index is -0.000000279. The molecule has 0 saturated heterocycles. The topological polar surface area (TPSA) is 0 Å². The van der Waals surface area contributed by atoms with E-state index in [0.717, 1.165) is 30.0 Å². The van der Waals surface area contributed by atoms with E-state index in [1.165, 1.54) is 33.4 Å². The van der Waals surface area contributed by atoms with E-state index in [1.807, 2.05) is 34.6 Å². The zero-order chi connectivity index (χ0) is 39.4. The van der Waals surface area contributed by atoms with Gasteiger partial charge in [-0.25, -0.2) is 0 Å². The Morgan fingerprint density at radius 2 is 1.16 bits per heavy atom. The fourth-order valence-electron chi connectivity index (χ4n) is 3.76. The Labute approximate surface area is 315 Å². The van der Waals surface area contributed by atoms with E-state index in [1.54, 1.807) is 0 Å². The number of thiocarbonyl (C=S) groups is 1. The van der Waals surface area contributed by atoms with Gasteiger partial charge in [0, 0.05) is 0 Å². The van der Waals surface area contributed by atoms with E-state index >= 15 is 0 Å². The van der Waals surface area contributed by atoms with Crippen molar-refractivity contribution in [3.8, 4) is 0 Å². The Hall–Kier alpha value is -2.25. The summed E-state index contributed by atoms with van der Waals surface area (Å²) in [5, 5.41) is 0. The molecule has 2 rings (SSSR count). The molecule has 0 fully saturated rings. The van der Waals surface area contributed by atoms with Gasteiger partial charge >= 0.3 is 0 Å². The first-order valence-corrected chi connectivity index (χ1v) is 19.6. The fourth-order valence-corrected chi connectivity index (χ4v) is 4.01. The summed E-state index contributed by atoms with van der Waals surface area (Å²) in [6, 6.07) is 17.6. The average molecular weight is 693 g/mol. The van der Waals surface area contributed by atoms with Crippen LogP contribution in [-0.4, -0.2) is 4.86 Å². The monoisotopic (exact) mass is 693 g/mol. The summed E-state index contributed by atoms with van der Waals surface area (Å²) in [4.78, 5) is 1.13. The van der Waals surface area contributed by atoms with Gasteiger partial charge < -0.3 is 0 Å². The van der Waals surface area contributed by atoms with Crippen LogP contribution < -0.4 is 0 Å². The number of allylic oxidation sites excluding steroid dienone is 6. The van der Waals surface area contributed by atoms with Crippen LogP contribution in [0.1, 0.15) is 173 Å². The lowest BCUT2D eigenvalue weighted by Gasteiger charge is -2.26. The van der Waals surface area contributed by atoms with E-state index in [0.29, 0.717) is 22.7 Å². The van der Waals surface area contributed by atoms with E-state index < -0.39 is 0 Å². The SMILES string of the molecule is C/C=C(/C)C=CC/C(C)=C\C.CC.CC.CC(=S)CC(C)C(C)(C)C.CC(C)C(C)(C)C.Cc1cc(C)cc(C(C)Cc2ccccc2)c1. The van der Waals surface area contributed by atoms with E-state index in [-0.39, 0.29) is 0 Å². The molecule has 2 aromatic rings. The molecule has 0 heterocycles. The van der Waals surface area contributed by atoms with Crippen molar-refractivity contribution < 1.29 is 0 Å². The molecule has 0 amide bonds. The molecule has 0 bridgehead atoms. The second-order valence-electron chi connectivity index (χ2n) is 15.5. The van der Waals surface area contributed by atoms with Crippen molar-refractivity contribution in [3.63, 3.8) is 0 Å². The van der Waals surface area contributed by atoms with Crippen LogP contribution in [0.2, 0.25) is 0 Å². The molecule has 0 N–H and O–H groups in total. The van der Waals surface area contributed by atoms with E-state index in [4.69, 9.17) is 12.2 Å². The van der Waals surface area contributed by atoms with Crippen molar-refractivity contribution in [2.45, 2.75) is 171 Å². The standard InChI is InChI=1S/C17H20.C11H18.C9H18S.C7H16.2C2H6/c1-13-9-14(2)11-17(10-13)15(3)12-16-7-5-4-6-8-16;1-5-10(3)8-7-9-11(4)6-2;1-7(6-8(2)10)9(3,4)5;1-6(2)7(3,4)5;2*1-2/h4-11,15H,12H2,1-3H3;5-8H,9H2,1-4H3;7H,6H2,1-5H3;6H,1-5H3;2*1-2H3/b;8-7?,10-5-,11-6-;;;;. The van der Waals surface area contributed by atoms with Crippen LogP contribution >= 0.6 is 12.2 Å². The van der Waals surface area contributed by atoms with Gasteiger partial charge in [-0.15, -0.1) is 0 Å². The highest BCUT2D eigenvalue weighted by molar-refractivity contribution is 7.80. The second kappa shape index (κ2) is 30.6. The molecule has 0 aliphatic heterocycles. The van der Waals surface area contributed by atoms with Crippen molar-refractivity contribution in [1.82, 2.24) is 0 Å². The van der Waals surface area contributed by atoms with Gasteiger partial charge in [0.2, 0.25) is 0 Å². The quantitative estimate of drug-likeness (QED) is 0.151. The van der Waals surface area contributed by atoms with Gasteiger partial charge in [0.1, 0.15) is 0 Å². The largest absolute Gasteiger partial charge is 0.0900 e. The highest BCUT2D eigenvalue weighted by atomic mass is 32.1. The van der Waals surface area contributed by atoms with Crippen LogP contribution in [0.25, 0.3) is 0 Å². The molecule has 282 valence electrons. The Bertz CT molecular complexity index is 1140. The molecule has 0 spiro atoms. The number of hydrogen-bond donors (Lipinski definition) is 0. The van der Waals surface area contributed by atoms with Crippen LogP contribution in [0.4, 0.5) is 0 Å². The summed E-state index contributed by atoms with van der Waals surface area (Å²) < 4.78 is 0. The number of aryl methyl sites for hydroxylation is 2. The summed E-state index contributed by atoms with van der Waals surface area (Å²) in [6.45, 7) is 45.4. The van der Waals surface area contributed by atoms with Gasteiger partial charge in [0.25, 0.3) is 0 Å². The lowest BCUT2D eigenvalue weighted by molar-refractivity contribution is 0.270. The van der Waals surface area contributed by atoms with Crippen LogP contribution in [0.5, 0.6) is 0 Å². The van der Waals surface area contributed by atoms with Crippen LogP contribution in [0.3, 0.4) is 0 Å². The highest BCUT2D eigenvalue weighted by Gasteiger charge is 2.19. The zero-order valence-corrected chi connectivity index (χ0v) is 37.5. The third-order valence-electron chi connectivity index (χ3n) is 8.77. The third-order valence-corrected chi connectivity index (χ3v) is 8.94. The lowest BCUT2D eigenvalue weighted by atomic mass is 9.80. The molecule has 1 heteroatoms. The van der Waals surface area contributed by atoms with Crippen LogP contribution in [0, 0.1) is 36.5 Å². The zero-order valence-electron chi connectivity index (χ0n) is 36.7. The third kappa shape index (κ3) is 32.7. The maximum Gasteiger partial charge on any atom is -0.00996 e. The number of rotatable bonds is 8. The first-order valence-electron chi connectivity index (χ1n) is 19.2. The summed E-state index contributed by atoms with van der Waals surface area (Å²) >= 11 is 5.04. The maximum absolute atomic E-state index is 5.04. The van der Waals surface area contributed by atoms with Crippen molar-refractivity contribution in [2.24, 2.45) is 22.7 Å². The predicted octanol–water partition coefficient (Wildman–Crippen LogP) is 16.7. The molecule has 0 radical (unpaired) electrons. The van der Waals surface area contributed by atoms with Crippen molar-refractivity contribution >= 4 is 17.1 Å². The molecule has 0 nitrogen and oxygen atoms in total.